The van der Waals surface area contributed by atoms with Crippen molar-refractivity contribution in [3.8, 4) is 0 Å². The van der Waals surface area contributed by atoms with Crippen LogP contribution in [0.3, 0.4) is 0 Å². The van der Waals surface area contributed by atoms with E-state index in [4.69, 9.17) is 9.84 Å². The second-order valence-electron chi connectivity index (χ2n) is 5.67. The molecule has 0 aromatic rings. The molecule has 3 unspecified atom stereocenters. The maximum atomic E-state index is 12.6. The maximum absolute atomic E-state index is 12.6. The first-order valence-corrected chi connectivity index (χ1v) is 8.25. The fourth-order valence-corrected chi connectivity index (χ4v) is 4.91. The van der Waals surface area contributed by atoms with Gasteiger partial charge < -0.3 is 9.84 Å². The van der Waals surface area contributed by atoms with Gasteiger partial charge in [0.05, 0.1) is 12.5 Å². The van der Waals surface area contributed by atoms with Crippen LogP contribution < -0.4 is 0 Å². The average molecular weight is 306 g/mol. The molecule has 0 aliphatic carbocycles. The maximum Gasteiger partial charge on any atom is 0.304 e. The van der Waals surface area contributed by atoms with Gasteiger partial charge in [-0.05, 0) is 18.8 Å². The third-order valence-electron chi connectivity index (χ3n) is 4.08. The van der Waals surface area contributed by atoms with Gasteiger partial charge in [0.15, 0.2) is 0 Å². The Morgan fingerprint density at radius 3 is 2.60 bits per heavy atom. The molecule has 0 aromatic carbocycles. The van der Waals surface area contributed by atoms with Crippen molar-refractivity contribution < 1.29 is 23.1 Å². The van der Waals surface area contributed by atoms with Crippen molar-refractivity contribution in [2.24, 2.45) is 5.92 Å². The molecule has 1 N–H and O–H groups in total. The van der Waals surface area contributed by atoms with Crippen LogP contribution in [0, 0.1) is 5.92 Å². The summed E-state index contributed by atoms with van der Waals surface area (Å²) >= 11 is 0. The molecule has 2 rings (SSSR count). The van der Waals surface area contributed by atoms with E-state index in [2.05, 4.69) is 0 Å². The van der Waals surface area contributed by atoms with Crippen LogP contribution in [0.5, 0.6) is 0 Å². The van der Waals surface area contributed by atoms with Crippen molar-refractivity contribution in [1.82, 2.24) is 8.61 Å². The van der Waals surface area contributed by atoms with Gasteiger partial charge in [-0.25, -0.2) is 0 Å². The SMILES string of the molecule is COC1CC(CC(=O)O)N(S(=O)(=O)N2CCC(C)C2)C1. The molecule has 2 saturated heterocycles. The number of nitrogens with zero attached hydrogens (tertiary/aromatic N) is 2. The molecule has 116 valence electrons. The second-order valence-corrected chi connectivity index (χ2v) is 7.56. The van der Waals surface area contributed by atoms with Gasteiger partial charge in [-0.3, -0.25) is 4.79 Å². The van der Waals surface area contributed by atoms with E-state index < -0.39 is 22.2 Å². The lowest BCUT2D eigenvalue weighted by molar-refractivity contribution is -0.137. The zero-order valence-corrected chi connectivity index (χ0v) is 12.7. The number of ether oxygens (including phenoxy) is 1. The van der Waals surface area contributed by atoms with Crippen molar-refractivity contribution in [1.29, 1.82) is 0 Å². The standard InChI is InChI=1S/C12H22N2O5S/c1-9-3-4-13(7-9)20(17,18)14-8-11(19-2)5-10(14)6-12(15)16/h9-11H,3-8H2,1-2H3,(H,15,16). The first-order valence-electron chi connectivity index (χ1n) is 6.86. The summed E-state index contributed by atoms with van der Waals surface area (Å²) < 4.78 is 33.3. The molecule has 0 amide bonds. The Labute approximate surface area is 119 Å². The number of hydrogen-bond donors (Lipinski definition) is 1. The van der Waals surface area contributed by atoms with Gasteiger partial charge in [-0.15, -0.1) is 0 Å². The Hall–Kier alpha value is -0.700. The Morgan fingerprint density at radius 2 is 2.10 bits per heavy atom. The number of rotatable bonds is 5. The molecule has 2 heterocycles. The van der Waals surface area contributed by atoms with Gasteiger partial charge in [0.1, 0.15) is 0 Å². The van der Waals surface area contributed by atoms with Gasteiger partial charge in [0.2, 0.25) is 0 Å². The lowest BCUT2D eigenvalue weighted by Crippen LogP contribution is -2.46. The van der Waals surface area contributed by atoms with Crippen molar-refractivity contribution >= 4 is 16.2 Å². The van der Waals surface area contributed by atoms with Crippen LogP contribution in [-0.2, 0) is 19.7 Å². The van der Waals surface area contributed by atoms with E-state index in [1.165, 1.54) is 15.7 Å². The van der Waals surface area contributed by atoms with Gasteiger partial charge in [0, 0.05) is 32.8 Å². The van der Waals surface area contributed by atoms with Gasteiger partial charge in [-0.2, -0.15) is 17.0 Å². The number of carbonyl (C=O) groups is 1. The summed E-state index contributed by atoms with van der Waals surface area (Å²) in [5.41, 5.74) is 0. The van der Waals surface area contributed by atoms with Crippen LogP contribution in [0.2, 0.25) is 0 Å². The van der Waals surface area contributed by atoms with E-state index in [0.29, 0.717) is 25.4 Å². The van der Waals surface area contributed by atoms with E-state index in [1.54, 1.807) is 0 Å². The van der Waals surface area contributed by atoms with E-state index in [0.717, 1.165) is 6.42 Å². The molecule has 7 nitrogen and oxygen atoms in total. The molecule has 8 heteroatoms. The Kier molecular flexibility index (Phi) is 4.68. The van der Waals surface area contributed by atoms with E-state index in [-0.39, 0.29) is 19.1 Å². The normalized spacial score (nSPS) is 32.8. The van der Waals surface area contributed by atoms with E-state index in [9.17, 15) is 13.2 Å². The van der Waals surface area contributed by atoms with Crippen molar-refractivity contribution in [2.45, 2.75) is 38.3 Å². The first-order chi connectivity index (χ1) is 9.34. The molecule has 0 aromatic heterocycles. The highest BCUT2D eigenvalue weighted by Gasteiger charge is 2.44. The smallest absolute Gasteiger partial charge is 0.304 e. The summed E-state index contributed by atoms with van der Waals surface area (Å²) in [5.74, 6) is -0.634. The Morgan fingerprint density at radius 1 is 1.40 bits per heavy atom. The third-order valence-corrected chi connectivity index (χ3v) is 6.10. The summed E-state index contributed by atoms with van der Waals surface area (Å²) in [5, 5.41) is 8.95. The Balaban J connectivity index is 2.16. The number of carboxylic acids is 1. The minimum absolute atomic E-state index is 0.178. The van der Waals surface area contributed by atoms with E-state index >= 15 is 0 Å². The molecule has 3 atom stereocenters. The van der Waals surface area contributed by atoms with Gasteiger partial charge in [-0.1, -0.05) is 6.92 Å². The van der Waals surface area contributed by atoms with E-state index in [1.807, 2.05) is 6.92 Å². The zero-order chi connectivity index (χ0) is 14.9. The van der Waals surface area contributed by atoms with Crippen molar-refractivity contribution in [2.75, 3.05) is 26.7 Å². The first kappa shape index (κ1) is 15.7. The number of carboxylic acid groups (broad SMARTS) is 1. The molecule has 0 spiro atoms. The number of aliphatic carboxylic acids is 1. The van der Waals surface area contributed by atoms with Crippen molar-refractivity contribution in [3.63, 3.8) is 0 Å². The predicted octanol–water partition coefficient (Wildman–Crippen LogP) is 0.137. The highest BCUT2D eigenvalue weighted by Crippen LogP contribution is 2.29. The fraction of sp³-hybridized carbons (Fsp3) is 0.917. The summed E-state index contributed by atoms with van der Waals surface area (Å²) in [7, 11) is -2.06. The summed E-state index contributed by atoms with van der Waals surface area (Å²) in [6, 6.07) is -0.515. The molecule has 2 aliphatic rings. The lowest BCUT2D eigenvalue weighted by Gasteiger charge is -2.27. The lowest BCUT2D eigenvalue weighted by atomic mass is 10.1. The largest absolute Gasteiger partial charge is 0.481 e. The quantitative estimate of drug-likeness (QED) is 0.780. The van der Waals surface area contributed by atoms with Crippen LogP contribution in [0.25, 0.3) is 0 Å². The molecule has 0 bridgehead atoms. The Bertz CT molecular complexity index is 466. The van der Waals surface area contributed by atoms with Crippen LogP contribution in [0.15, 0.2) is 0 Å². The van der Waals surface area contributed by atoms with Gasteiger partial charge in [0.25, 0.3) is 10.2 Å². The highest BCUT2D eigenvalue weighted by molar-refractivity contribution is 7.86. The zero-order valence-electron chi connectivity index (χ0n) is 11.9. The fourth-order valence-electron chi connectivity index (χ4n) is 2.94. The molecule has 2 aliphatic heterocycles. The molecule has 2 fully saturated rings. The highest BCUT2D eigenvalue weighted by atomic mass is 32.2. The van der Waals surface area contributed by atoms with Crippen LogP contribution >= 0.6 is 0 Å². The molecule has 0 radical (unpaired) electrons. The minimum Gasteiger partial charge on any atom is -0.481 e. The predicted molar refractivity (Wildman–Crippen MR) is 72.4 cm³/mol. The third kappa shape index (κ3) is 3.13. The number of methoxy groups -OCH3 is 1. The topological polar surface area (TPSA) is 87.1 Å². The second kappa shape index (κ2) is 5.97. The summed E-state index contributed by atoms with van der Waals surface area (Å²) in [4.78, 5) is 10.9. The number of hydrogen-bond acceptors (Lipinski definition) is 4. The molecule has 20 heavy (non-hydrogen) atoms. The minimum atomic E-state index is -3.59. The van der Waals surface area contributed by atoms with Crippen LogP contribution in [0.1, 0.15) is 26.2 Å². The monoisotopic (exact) mass is 306 g/mol. The molecular weight excluding hydrogens is 284 g/mol. The average Bonchev–Trinajstić information content (AvgIpc) is 2.95. The van der Waals surface area contributed by atoms with Crippen LogP contribution in [-0.4, -0.2) is 67.0 Å². The van der Waals surface area contributed by atoms with Gasteiger partial charge >= 0.3 is 5.97 Å². The summed E-state index contributed by atoms with van der Waals surface area (Å²) in [6.45, 7) is 3.28. The van der Waals surface area contributed by atoms with Crippen LogP contribution in [0.4, 0.5) is 0 Å². The van der Waals surface area contributed by atoms with Crippen molar-refractivity contribution in [3.05, 3.63) is 0 Å². The molecule has 0 saturated carbocycles. The molecular formula is C12H22N2O5S. The summed E-state index contributed by atoms with van der Waals surface area (Å²) in [6.07, 6.45) is 0.882.